The molecule has 0 aliphatic carbocycles. The predicted octanol–water partition coefficient (Wildman–Crippen LogP) is 1.21. The van der Waals surface area contributed by atoms with Gasteiger partial charge in [0.2, 0.25) is 0 Å². The summed E-state index contributed by atoms with van der Waals surface area (Å²) in [6, 6.07) is 9.25. The van der Waals surface area contributed by atoms with Crippen molar-refractivity contribution in [3.8, 4) is 0 Å². The van der Waals surface area contributed by atoms with Gasteiger partial charge in [0.25, 0.3) is 0 Å². The van der Waals surface area contributed by atoms with Gasteiger partial charge in [0, 0.05) is 12.7 Å². The fourth-order valence-corrected chi connectivity index (χ4v) is 2.96. The molecule has 1 atom stereocenters. The number of rotatable bonds is 3. The van der Waals surface area contributed by atoms with Crippen LogP contribution in [0.2, 0.25) is 0 Å². The predicted molar refractivity (Wildman–Crippen MR) is 61.0 cm³/mol. The first-order chi connectivity index (χ1) is 7.52. The van der Waals surface area contributed by atoms with Crippen molar-refractivity contribution in [2.75, 3.05) is 12.0 Å². The Morgan fingerprint density at radius 1 is 1.44 bits per heavy atom. The van der Waals surface area contributed by atoms with Gasteiger partial charge in [-0.05, 0) is 5.56 Å². The van der Waals surface area contributed by atoms with Gasteiger partial charge in [-0.25, -0.2) is 8.42 Å². The monoisotopic (exact) mass is 238 g/mol. The molecule has 16 heavy (non-hydrogen) atoms. The van der Waals surface area contributed by atoms with Crippen LogP contribution in [0.3, 0.4) is 0 Å². The van der Waals surface area contributed by atoms with E-state index in [2.05, 4.69) is 11.4 Å². The maximum Gasteiger partial charge on any atom is 0.182 e. The van der Waals surface area contributed by atoms with Crippen molar-refractivity contribution in [2.45, 2.75) is 12.0 Å². The molecule has 0 N–H and O–H groups in total. The zero-order valence-electron chi connectivity index (χ0n) is 8.88. The molecule has 1 heterocycles. The van der Waals surface area contributed by atoms with Crippen molar-refractivity contribution in [1.29, 1.82) is 0 Å². The van der Waals surface area contributed by atoms with Crippen molar-refractivity contribution in [2.24, 2.45) is 5.16 Å². The molecule has 1 aliphatic heterocycles. The lowest BCUT2D eigenvalue weighted by Gasteiger charge is -2.25. The Hall–Kier alpha value is -1.36. The largest absolute Gasteiger partial charge is 0.383 e. The van der Waals surface area contributed by atoms with Crippen LogP contribution in [0.4, 0.5) is 0 Å². The zero-order valence-corrected chi connectivity index (χ0v) is 9.70. The molecule has 0 aromatic heterocycles. The van der Waals surface area contributed by atoms with E-state index in [0.29, 0.717) is 6.42 Å². The standard InChI is InChI=1S/C11H12NO3S/c1-16(13,14)9-11(7-8-12-15-11)10-5-3-2-4-6-10/h2-6H,7,9H2,1H3. The second kappa shape index (κ2) is 3.90. The Kier molecular flexibility index (Phi) is 2.71. The van der Waals surface area contributed by atoms with Crippen molar-refractivity contribution >= 4 is 16.1 Å². The molecule has 1 aliphatic rings. The van der Waals surface area contributed by atoms with Crippen LogP contribution in [-0.2, 0) is 20.3 Å². The van der Waals surface area contributed by atoms with Crippen molar-refractivity contribution in [3.63, 3.8) is 0 Å². The van der Waals surface area contributed by atoms with E-state index in [1.165, 1.54) is 6.26 Å². The van der Waals surface area contributed by atoms with Crippen LogP contribution in [0.15, 0.2) is 35.5 Å². The zero-order chi connectivity index (χ0) is 11.6. The second-order valence-electron chi connectivity index (χ2n) is 3.95. The summed E-state index contributed by atoms with van der Waals surface area (Å²) >= 11 is 0. The third-order valence-corrected chi connectivity index (χ3v) is 3.44. The summed E-state index contributed by atoms with van der Waals surface area (Å²) in [5.74, 6) is -0.0828. The Labute approximate surface area is 94.8 Å². The van der Waals surface area contributed by atoms with Gasteiger partial charge in [-0.1, -0.05) is 35.5 Å². The third-order valence-electron chi connectivity index (χ3n) is 2.44. The molecule has 1 aromatic carbocycles. The molecular formula is C11H12NO3S. The van der Waals surface area contributed by atoms with E-state index in [1.54, 1.807) is 0 Å². The van der Waals surface area contributed by atoms with Gasteiger partial charge < -0.3 is 4.84 Å². The number of nitrogens with zero attached hydrogens (tertiary/aromatic N) is 1. The van der Waals surface area contributed by atoms with E-state index in [-0.39, 0.29) is 5.75 Å². The van der Waals surface area contributed by atoms with Gasteiger partial charge in [0.05, 0.1) is 5.75 Å². The SMILES string of the molecule is CS(=O)(=O)CC1(c2ccccc2)C[C]=NO1. The number of hydrogen-bond acceptors (Lipinski definition) is 4. The van der Waals surface area contributed by atoms with Crippen LogP contribution >= 0.6 is 0 Å². The maximum atomic E-state index is 11.4. The Balaban J connectivity index is 2.38. The maximum absolute atomic E-state index is 11.4. The Bertz CT molecular complexity index is 485. The van der Waals surface area contributed by atoms with E-state index in [0.717, 1.165) is 5.56 Å². The molecule has 0 saturated carbocycles. The molecule has 1 aromatic rings. The van der Waals surface area contributed by atoms with Crippen LogP contribution in [0.5, 0.6) is 0 Å². The van der Waals surface area contributed by atoms with Gasteiger partial charge in [-0.3, -0.25) is 0 Å². The molecule has 4 nitrogen and oxygen atoms in total. The molecule has 5 heteroatoms. The molecule has 2 rings (SSSR count). The first kappa shape index (κ1) is 11.1. The molecule has 1 radical (unpaired) electrons. The molecular weight excluding hydrogens is 226 g/mol. The summed E-state index contributed by atoms with van der Waals surface area (Å²) in [5, 5.41) is 3.58. The summed E-state index contributed by atoms with van der Waals surface area (Å²) < 4.78 is 22.8. The van der Waals surface area contributed by atoms with E-state index in [9.17, 15) is 8.42 Å². The minimum absolute atomic E-state index is 0.0828. The lowest BCUT2D eigenvalue weighted by atomic mass is 9.93. The van der Waals surface area contributed by atoms with Crippen molar-refractivity contribution in [1.82, 2.24) is 0 Å². The average molecular weight is 238 g/mol. The highest BCUT2D eigenvalue weighted by Crippen LogP contribution is 2.33. The van der Waals surface area contributed by atoms with Gasteiger partial charge >= 0.3 is 0 Å². The number of sulfone groups is 1. The highest BCUT2D eigenvalue weighted by Gasteiger charge is 2.40. The van der Waals surface area contributed by atoms with Gasteiger partial charge in [-0.15, -0.1) is 0 Å². The van der Waals surface area contributed by atoms with Crippen LogP contribution in [0.1, 0.15) is 12.0 Å². The van der Waals surface area contributed by atoms with E-state index >= 15 is 0 Å². The van der Waals surface area contributed by atoms with Crippen LogP contribution < -0.4 is 0 Å². The first-order valence-electron chi connectivity index (χ1n) is 4.86. The van der Waals surface area contributed by atoms with Crippen molar-refractivity contribution in [3.05, 3.63) is 35.9 Å². The fraction of sp³-hybridized carbons (Fsp3) is 0.364. The smallest absolute Gasteiger partial charge is 0.182 e. The molecule has 0 bridgehead atoms. The highest BCUT2D eigenvalue weighted by molar-refractivity contribution is 7.90. The summed E-state index contributed by atoms with van der Waals surface area (Å²) in [4.78, 5) is 5.24. The summed E-state index contributed by atoms with van der Waals surface area (Å²) in [5.41, 5.74) is -0.0800. The first-order valence-corrected chi connectivity index (χ1v) is 6.92. The van der Waals surface area contributed by atoms with Crippen molar-refractivity contribution < 1.29 is 13.3 Å². The molecule has 85 valence electrons. The molecule has 0 amide bonds. The lowest BCUT2D eigenvalue weighted by Crippen LogP contribution is -2.33. The van der Waals surface area contributed by atoms with E-state index < -0.39 is 15.4 Å². The number of benzene rings is 1. The topological polar surface area (TPSA) is 55.7 Å². The highest BCUT2D eigenvalue weighted by atomic mass is 32.2. The second-order valence-corrected chi connectivity index (χ2v) is 6.09. The van der Waals surface area contributed by atoms with E-state index in [1.807, 2.05) is 30.3 Å². The minimum atomic E-state index is -3.14. The molecule has 1 unspecified atom stereocenters. The van der Waals surface area contributed by atoms with E-state index in [4.69, 9.17) is 4.84 Å². The van der Waals surface area contributed by atoms with Crippen LogP contribution in [0.25, 0.3) is 0 Å². The van der Waals surface area contributed by atoms with Crippen LogP contribution in [-0.4, -0.2) is 26.6 Å². The normalized spacial score (nSPS) is 24.3. The molecule has 0 saturated heterocycles. The Morgan fingerprint density at radius 2 is 2.12 bits per heavy atom. The van der Waals surface area contributed by atoms with Gasteiger partial charge in [0.15, 0.2) is 15.4 Å². The fourth-order valence-electron chi connectivity index (χ4n) is 1.79. The summed E-state index contributed by atoms with van der Waals surface area (Å²) in [7, 11) is -3.14. The Morgan fingerprint density at radius 3 is 2.62 bits per heavy atom. The van der Waals surface area contributed by atoms with Crippen LogP contribution in [0, 0.1) is 0 Å². The lowest BCUT2D eigenvalue weighted by molar-refractivity contribution is -0.00440. The molecule has 0 fully saturated rings. The van der Waals surface area contributed by atoms with Gasteiger partial charge in [-0.2, -0.15) is 0 Å². The summed E-state index contributed by atoms with van der Waals surface area (Å²) in [6.45, 7) is 0. The molecule has 0 spiro atoms. The third kappa shape index (κ3) is 2.24. The summed E-state index contributed by atoms with van der Waals surface area (Å²) in [6.07, 6.45) is 4.23. The average Bonchev–Trinajstić information content (AvgIpc) is 2.66. The van der Waals surface area contributed by atoms with Gasteiger partial charge in [0.1, 0.15) is 6.21 Å². The number of hydrogen-bond donors (Lipinski definition) is 0. The minimum Gasteiger partial charge on any atom is -0.383 e. The quantitative estimate of drug-likeness (QED) is 0.795.